The maximum absolute atomic E-state index is 12.2. The largest absolute Gasteiger partial charge is 0.508 e. The predicted octanol–water partition coefficient (Wildman–Crippen LogP) is 1.24. The molecule has 1 atom stereocenters. The molecular weight excluding hydrogens is 353 g/mol. The number of amides is 1. The van der Waals surface area contributed by atoms with E-state index in [1.165, 1.54) is 0 Å². The number of methoxy groups -OCH3 is 1. The Labute approximate surface area is 155 Å². The highest BCUT2D eigenvalue weighted by atomic mass is 35.5. The molecule has 1 aromatic rings. The van der Waals surface area contributed by atoms with Gasteiger partial charge < -0.3 is 20.5 Å². The van der Waals surface area contributed by atoms with E-state index < -0.39 is 0 Å². The number of phenols is 1. The van der Waals surface area contributed by atoms with Gasteiger partial charge in [-0.25, -0.2) is 0 Å². The molecule has 1 aliphatic heterocycles. The summed E-state index contributed by atoms with van der Waals surface area (Å²) in [5.74, 6) is 0.396. The molecule has 1 unspecified atom stereocenters. The fourth-order valence-corrected chi connectivity index (χ4v) is 2.66. The number of nitrogens with two attached hydrogens (primary N) is 1. The molecule has 0 bridgehead atoms. The maximum atomic E-state index is 12.2. The standard InChI is InChI=1S/C16H25N3O3.2ClH/c1-22-15(11-17)10-16(21)19-7-5-18(6-8-19)12-13-3-2-4-14(20)9-13;;/h2-4,9,15,20H,5-8,10-12,17H2,1H3;2*1H. The van der Waals surface area contributed by atoms with Crippen molar-refractivity contribution in [2.24, 2.45) is 5.73 Å². The first-order chi connectivity index (χ1) is 10.6. The van der Waals surface area contributed by atoms with Crippen LogP contribution in [0.25, 0.3) is 0 Å². The molecule has 2 rings (SSSR count). The Morgan fingerprint density at radius 3 is 2.50 bits per heavy atom. The third kappa shape index (κ3) is 6.83. The van der Waals surface area contributed by atoms with Crippen LogP contribution in [0.15, 0.2) is 24.3 Å². The van der Waals surface area contributed by atoms with Gasteiger partial charge in [0.25, 0.3) is 0 Å². The Morgan fingerprint density at radius 2 is 1.96 bits per heavy atom. The van der Waals surface area contributed by atoms with Crippen LogP contribution in [0.3, 0.4) is 0 Å². The van der Waals surface area contributed by atoms with Crippen LogP contribution in [-0.2, 0) is 16.1 Å². The van der Waals surface area contributed by atoms with E-state index in [1.54, 1.807) is 19.2 Å². The topological polar surface area (TPSA) is 79.0 Å². The van der Waals surface area contributed by atoms with Crippen molar-refractivity contribution in [1.82, 2.24) is 9.80 Å². The number of rotatable bonds is 6. The number of nitrogens with zero attached hydrogens (tertiary/aromatic N) is 2. The van der Waals surface area contributed by atoms with E-state index in [0.717, 1.165) is 38.3 Å². The summed E-state index contributed by atoms with van der Waals surface area (Å²) in [6.07, 6.45) is 0.150. The molecule has 1 fully saturated rings. The molecule has 1 heterocycles. The van der Waals surface area contributed by atoms with Gasteiger partial charge in [0.1, 0.15) is 5.75 Å². The Kier molecular flexibility index (Phi) is 11.0. The van der Waals surface area contributed by atoms with Crippen molar-refractivity contribution in [3.05, 3.63) is 29.8 Å². The van der Waals surface area contributed by atoms with E-state index >= 15 is 0 Å². The SMILES string of the molecule is COC(CN)CC(=O)N1CCN(Cc2cccc(O)c2)CC1.Cl.Cl. The van der Waals surface area contributed by atoms with Crippen molar-refractivity contribution < 1.29 is 14.6 Å². The smallest absolute Gasteiger partial charge is 0.225 e. The van der Waals surface area contributed by atoms with Crippen LogP contribution < -0.4 is 5.73 Å². The molecule has 0 spiro atoms. The Bertz CT molecular complexity index is 493. The molecule has 0 saturated carbocycles. The lowest BCUT2D eigenvalue weighted by Gasteiger charge is -2.35. The molecule has 24 heavy (non-hydrogen) atoms. The number of halogens is 2. The lowest BCUT2D eigenvalue weighted by Crippen LogP contribution is -2.49. The van der Waals surface area contributed by atoms with Crippen LogP contribution in [0.2, 0.25) is 0 Å². The van der Waals surface area contributed by atoms with Crippen LogP contribution in [-0.4, -0.2) is 66.8 Å². The lowest BCUT2D eigenvalue weighted by atomic mass is 10.1. The second-order valence-electron chi connectivity index (χ2n) is 5.62. The Hall–Kier alpha value is -1.05. The highest BCUT2D eigenvalue weighted by Crippen LogP contribution is 2.14. The van der Waals surface area contributed by atoms with Crippen molar-refractivity contribution in [2.75, 3.05) is 39.8 Å². The quantitative estimate of drug-likeness (QED) is 0.777. The first kappa shape index (κ1) is 22.9. The predicted molar refractivity (Wildman–Crippen MR) is 98.9 cm³/mol. The summed E-state index contributed by atoms with van der Waals surface area (Å²) in [5.41, 5.74) is 6.64. The number of carbonyl (C=O) groups excluding carboxylic acids is 1. The fraction of sp³-hybridized carbons (Fsp3) is 0.562. The van der Waals surface area contributed by atoms with Gasteiger partial charge in [-0.2, -0.15) is 0 Å². The van der Waals surface area contributed by atoms with Crippen LogP contribution in [0.4, 0.5) is 0 Å². The van der Waals surface area contributed by atoms with Crippen molar-refractivity contribution in [1.29, 1.82) is 0 Å². The van der Waals surface area contributed by atoms with E-state index in [1.807, 2.05) is 17.0 Å². The minimum absolute atomic E-state index is 0. The van der Waals surface area contributed by atoms with Gasteiger partial charge in [-0.05, 0) is 17.7 Å². The number of benzene rings is 1. The summed E-state index contributed by atoms with van der Waals surface area (Å²) in [6, 6.07) is 7.30. The van der Waals surface area contributed by atoms with E-state index in [9.17, 15) is 9.90 Å². The first-order valence-corrected chi connectivity index (χ1v) is 7.63. The van der Waals surface area contributed by atoms with Crippen molar-refractivity contribution in [3.63, 3.8) is 0 Å². The van der Waals surface area contributed by atoms with Crippen LogP contribution in [0, 0.1) is 0 Å². The summed E-state index contributed by atoms with van der Waals surface area (Å²) in [5, 5.41) is 9.49. The monoisotopic (exact) mass is 379 g/mol. The molecule has 3 N–H and O–H groups in total. The summed E-state index contributed by atoms with van der Waals surface area (Å²) < 4.78 is 5.17. The van der Waals surface area contributed by atoms with Gasteiger partial charge in [-0.3, -0.25) is 9.69 Å². The first-order valence-electron chi connectivity index (χ1n) is 7.63. The number of piperazine rings is 1. The van der Waals surface area contributed by atoms with Gasteiger partial charge in [-0.15, -0.1) is 24.8 Å². The number of carbonyl (C=O) groups is 1. The highest BCUT2D eigenvalue weighted by molar-refractivity contribution is 5.85. The molecule has 1 aliphatic rings. The van der Waals surface area contributed by atoms with Gasteiger partial charge in [0, 0.05) is 46.4 Å². The minimum Gasteiger partial charge on any atom is -0.508 e. The Morgan fingerprint density at radius 1 is 1.29 bits per heavy atom. The van der Waals surface area contributed by atoms with Crippen molar-refractivity contribution in [2.45, 2.75) is 19.1 Å². The number of hydrogen-bond donors (Lipinski definition) is 2. The molecule has 1 amide bonds. The molecule has 1 aromatic carbocycles. The van der Waals surface area contributed by atoms with E-state index in [0.29, 0.717) is 18.7 Å². The van der Waals surface area contributed by atoms with Gasteiger partial charge in [0.05, 0.1) is 12.5 Å². The molecule has 0 aromatic heterocycles. The average molecular weight is 380 g/mol. The highest BCUT2D eigenvalue weighted by Gasteiger charge is 2.23. The third-order valence-corrected chi connectivity index (χ3v) is 4.04. The maximum Gasteiger partial charge on any atom is 0.225 e. The fourth-order valence-electron chi connectivity index (χ4n) is 2.66. The molecule has 1 saturated heterocycles. The van der Waals surface area contributed by atoms with E-state index in [2.05, 4.69) is 4.90 Å². The molecule has 0 radical (unpaired) electrons. The minimum atomic E-state index is -0.196. The molecular formula is C16H27Cl2N3O3. The average Bonchev–Trinajstić information content (AvgIpc) is 2.53. The summed E-state index contributed by atoms with van der Waals surface area (Å²) in [6.45, 7) is 4.26. The number of hydrogen-bond acceptors (Lipinski definition) is 5. The zero-order chi connectivity index (χ0) is 15.9. The zero-order valence-electron chi connectivity index (χ0n) is 13.9. The van der Waals surface area contributed by atoms with Crippen LogP contribution in [0.5, 0.6) is 5.75 Å². The number of phenolic OH excluding ortho intramolecular Hbond substituents is 1. The zero-order valence-corrected chi connectivity index (χ0v) is 15.5. The van der Waals surface area contributed by atoms with Gasteiger partial charge >= 0.3 is 0 Å². The van der Waals surface area contributed by atoms with Crippen LogP contribution >= 0.6 is 24.8 Å². The van der Waals surface area contributed by atoms with Crippen molar-refractivity contribution in [3.8, 4) is 5.75 Å². The van der Waals surface area contributed by atoms with Crippen LogP contribution in [0.1, 0.15) is 12.0 Å². The van der Waals surface area contributed by atoms with Crippen molar-refractivity contribution >= 4 is 30.7 Å². The summed E-state index contributed by atoms with van der Waals surface area (Å²) >= 11 is 0. The molecule has 138 valence electrons. The van der Waals surface area contributed by atoms with E-state index in [4.69, 9.17) is 10.5 Å². The summed E-state index contributed by atoms with van der Waals surface area (Å²) in [7, 11) is 1.58. The second-order valence-corrected chi connectivity index (χ2v) is 5.62. The van der Waals surface area contributed by atoms with Gasteiger partial charge in [0.15, 0.2) is 0 Å². The lowest BCUT2D eigenvalue weighted by molar-refractivity contribution is -0.135. The second kappa shape index (κ2) is 11.5. The molecule has 6 nitrogen and oxygen atoms in total. The van der Waals surface area contributed by atoms with E-state index in [-0.39, 0.29) is 36.8 Å². The van der Waals surface area contributed by atoms with Gasteiger partial charge in [-0.1, -0.05) is 12.1 Å². The Balaban J connectivity index is 0.00000264. The third-order valence-electron chi connectivity index (χ3n) is 4.04. The normalized spacial score (nSPS) is 16.0. The number of aromatic hydroxyl groups is 1. The number of ether oxygens (including phenoxy) is 1. The molecule has 8 heteroatoms. The summed E-state index contributed by atoms with van der Waals surface area (Å²) in [4.78, 5) is 16.3. The van der Waals surface area contributed by atoms with Gasteiger partial charge in [0.2, 0.25) is 5.91 Å². The molecule has 0 aliphatic carbocycles.